The van der Waals surface area contributed by atoms with E-state index < -0.39 is 0 Å². The molecule has 0 unspecified atom stereocenters. The van der Waals surface area contributed by atoms with Gasteiger partial charge in [-0.3, -0.25) is 14.2 Å². The Balaban J connectivity index is 1.82. The molecular formula is C12H14N6O. The zero-order valence-electron chi connectivity index (χ0n) is 10.6. The lowest BCUT2D eigenvalue weighted by molar-refractivity contribution is -0.116. The fraction of sp³-hybridized carbons (Fsp3) is 0.333. The van der Waals surface area contributed by atoms with Gasteiger partial charge in [-0.1, -0.05) is 0 Å². The van der Waals surface area contributed by atoms with E-state index in [0.717, 1.165) is 5.56 Å². The summed E-state index contributed by atoms with van der Waals surface area (Å²) >= 11 is 0. The van der Waals surface area contributed by atoms with Crippen molar-refractivity contribution in [1.29, 1.82) is 5.26 Å². The molecule has 2 aromatic heterocycles. The predicted octanol–water partition coefficient (Wildman–Crippen LogP) is 0.711. The molecule has 2 aromatic rings. The molecule has 2 heterocycles. The molecule has 0 spiro atoms. The maximum absolute atomic E-state index is 11.7. The van der Waals surface area contributed by atoms with Crippen LogP contribution in [0.4, 0.5) is 5.82 Å². The van der Waals surface area contributed by atoms with Crippen LogP contribution in [-0.4, -0.2) is 25.5 Å². The first-order valence-electron chi connectivity index (χ1n) is 5.85. The predicted molar refractivity (Wildman–Crippen MR) is 68.0 cm³/mol. The lowest BCUT2D eigenvalue weighted by atomic mass is 10.2. The highest BCUT2D eigenvalue weighted by Gasteiger charge is 2.06. The number of hydrogen-bond acceptors (Lipinski definition) is 4. The van der Waals surface area contributed by atoms with Crippen LogP contribution < -0.4 is 5.32 Å². The molecule has 7 nitrogen and oxygen atoms in total. The number of rotatable bonds is 5. The van der Waals surface area contributed by atoms with E-state index in [9.17, 15) is 4.79 Å². The molecule has 98 valence electrons. The van der Waals surface area contributed by atoms with Crippen LogP contribution in [0, 0.1) is 11.3 Å². The van der Waals surface area contributed by atoms with E-state index in [1.807, 2.05) is 19.3 Å². The number of aromatic nitrogens is 4. The minimum Gasteiger partial charge on any atom is -0.309 e. The van der Waals surface area contributed by atoms with E-state index in [0.29, 0.717) is 18.7 Å². The van der Waals surface area contributed by atoms with Crippen LogP contribution in [0.1, 0.15) is 12.0 Å². The highest BCUT2D eigenvalue weighted by molar-refractivity contribution is 5.89. The highest BCUT2D eigenvalue weighted by Crippen LogP contribution is 2.05. The molecule has 0 aliphatic heterocycles. The summed E-state index contributed by atoms with van der Waals surface area (Å²) in [7, 11) is 1.84. The molecule has 7 heteroatoms. The number of aryl methyl sites for hydroxylation is 2. The molecule has 0 aliphatic carbocycles. The van der Waals surface area contributed by atoms with Crippen molar-refractivity contribution in [2.24, 2.45) is 7.05 Å². The van der Waals surface area contributed by atoms with Gasteiger partial charge in [-0.05, 0) is 12.0 Å². The number of anilines is 1. The van der Waals surface area contributed by atoms with Crippen molar-refractivity contribution in [3.8, 4) is 6.07 Å². The van der Waals surface area contributed by atoms with Crippen molar-refractivity contribution in [1.82, 2.24) is 19.6 Å². The zero-order chi connectivity index (χ0) is 13.7. The first-order valence-corrected chi connectivity index (χ1v) is 5.85. The average molecular weight is 258 g/mol. The van der Waals surface area contributed by atoms with Crippen molar-refractivity contribution < 1.29 is 4.79 Å². The normalized spacial score (nSPS) is 10.1. The Morgan fingerprint density at radius 3 is 3.11 bits per heavy atom. The number of carbonyl (C=O) groups excluding carboxylic acids is 1. The smallest absolute Gasteiger partial charge is 0.225 e. The topological polar surface area (TPSA) is 88.5 Å². The Labute approximate surface area is 110 Å². The van der Waals surface area contributed by atoms with Crippen LogP contribution in [0.3, 0.4) is 0 Å². The SMILES string of the molecule is Cn1cc(CCC(=O)Nc2ccn(CC#N)n2)cn1. The van der Waals surface area contributed by atoms with Gasteiger partial charge in [0.25, 0.3) is 0 Å². The van der Waals surface area contributed by atoms with Gasteiger partial charge in [-0.25, -0.2) is 0 Å². The summed E-state index contributed by atoms with van der Waals surface area (Å²) in [6.07, 6.45) is 6.29. The summed E-state index contributed by atoms with van der Waals surface area (Å²) in [5.74, 6) is 0.359. The molecule has 0 atom stereocenters. The summed E-state index contributed by atoms with van der Waals surface area (Å²) in [6.45, 7) is 0.172. The van der Waals surface area contributed by atoms with Crippen LogP contribution in [-0.2, 0) is 24.8 Å². The Morgan fingerprint density at radius 1 is 1.58 bits per heavy atom. The van der Waals surface area contributed by atoms with Crippen molar-refractivity contribution in [3.63, 3.8) is 0 Å². The van der Waals surface area contributed by atoms with Gasteiger partial charge in [0.1, 0.15) is 6.54 Å². The first-order chi connectivity index (χ1) is 9.17. The summed E-state index contributed by atoms with van der Waals surface area (Å²) < 4.78 is 3.17. The highest BCUT2D eigenvalue weighted by atomic mass is 16.1. The van der Waals surface area contributed by atoms with Gasteiger partial charge in [0.15, 0.2) is 5.82 Å². The maximum Gasteiger partial charge on any atom is 0.225 e. The second-order valence-corrected chi connectivity index (χ2v) is 4.13. The van der Waals surface area contributed by atoms with Crippen molar-refractivity contribution in [3.05, 3.63) is 30.2 Å². The fourth-order valence-corrected chi connectivity index (χ4v) is 1.65. The third kappa shape index (κ3) is 3.67. The molecule has 0 aromatic carbocycles. The van der Waals surface area contributed by atoms with Crippen LogP contribution in [0.15, 0.2) is 24.7 Å². The molecule has 0 saturated carbocycles. The Kier molecular flexibility index (Phi) is 3.93. The second kappa shape index (κ2) is 5.82. The third-order valence-electron chi connectivity index (χ3n) is 2.54. The minimum absolute atomic E-state index is 0.105. The number of carbonyl (C=O) groups is 1. The van der Waals surface area contributed by atoms with Gasteiger partial charge in [0, 0.05) is 31.9 Å². The van der Waals surface area contributed by atoms with Gasteiger partial charge in [0.2, 0.25) is 5.91 Å². The Bertz CT molecular complexity index is 606. The molecule has 0 aliphatic rings. The monoisotopic (exact) mass is 258 g/mol. The number of nitrogens with one attached hydrogen (secondary N) is 1. The van der Waals surface area contributed by atoms with Crippen LogP contribution in [0.2, 0.25) is 0 Å². The molecular weight excluding hydrogens is 244 g/mol. The lowest BCUT2D eigenvalue weighted by Gasteiger charge is -2.00. The lowest BCUT2D eigenvalue weighted by Crippen LogP contribution is -2.13. The van der Waals surface area contributed by atoms with Crippen LogP contribution in [0.5, 0.6) is 0 Å². The molecule has 0 saturated heterocycles. The third-order valence-corrected chi connectivity index (χ3v) is 2.54. The molecule has 0 radical (unpaired) electrons. The molecule has 1 N–H and O–H groups in total. The number of amides is 1. The van der Waals surface area contributed by atoms with Gasteiger partial charge in [-0.2, -0.15) is 15.5 Å². The van der Waals surface area contributed by atoms with Crippen molar-refractivity contribution in [2.45, 2.75) is 19.4 Å². The largest absolute Gasteiger partial charge is 0.309 e. The molecule has 2 rings (SSSR count). The van der Waals surface area contributed by atoms with Crippen LogP contribution in [0.25, 0.3) is 0 Å². The van der Waals surface area contributed by atoms with Crippen molar-refractivity contribution in [2.75, 3.05) is 5.32 Å². The van der Waals surface area contributed by atoms with Crippen molar-refractivity contribution >= 4 is 11.7 Å². The second-order valence-electron chi connectivity index (χ2n) is 4.13. The first kappa shape index (κ1) is 12.8. The van der Waals surface area contributed by atoms with Gasteiger partial charge >= 0.3 is 0 Å². The van der Waals surface area contributed by atoms with E-state index in [-0.39, 0.29) is 12.5 Å². The van der Waals surface area contributed by atoms with E-state index in [2.05, 4.69) is 15.5 Å². The minimum atomic E-state index is -0.105. The molecule has 1 amide bonds. The molecule has 0 fully saturated rings. The fourth-order valence-electron chi connectivity index (χ4n) is 1.65. The van der Waals surface area contributed by atoms with E-state index in [4.69, 9.17) is 5.26 Å². The Morgan fingerprint density at radius 2 is 2.42 bits per heavy atom. The zero-order valence-corrected chi connectivity index (χ0v) is 10.6. The van der Waals surface area contributed by atoms with Gasteiger partial charge in [-0.15, -0.1) is 0 Å². The van der Waals surface area contributed by atoms with E-state index in [1.165, 1.54) is 4.68 Å². The van der Waals surface area contributed by atoms with Gasteiger partial charge < -0.3 is 5.32 Å². The number of nitriles is 1. The number of nitrogens with zero attached hydrogens (tertiary/aromatic N) is 5. The van der Waals surface area contributed by atoms with E-state index in [1.54, 1.807) is 23.1 Å². The van der Waals surface area contributed by atoms with Crippen LogP contribution >= 0.6 is 0 Å². The van der Waals surface area contributed by atoms with Gasteiger partial charge in [0.05, 0.1) is 12.3 Å². The standard InChI is InChI=1S/C12H14N6O/c1-17-9-10(8-14-17)2-3-12(19)15-11-4-6-18(16-11)7-5-13/h4,6,8-9H,2-3,7H2,1H3,(H,15,16,19). The summed E-state index contributed by atoms with van der Waals surface area (Å²) in [6, 6.07) is 3.64. The summed E-state index contributed by atoms with van der Waals surface area (Å²) in [5, 5.41) is 19.3. The molecule has 0 bridgehead atoms. The van der Waals surface area contributed by atoms with E-state index >= 15 is 0 Å². The summed E-state index contributed by atoms with van der Waals surface area (Å²) in [5.41, 5.74) is 1.02. The molecule has 19 heavy (non-hydrogen) atoms. The average Bonchev–Trinajstić information content (AvgIpc) is 2.97. The maximum atomic E-state index is 11.7. The summed E-state index contributed by atoms with van der Waals surface area (Å²) in [4.78, 5) is 11.7. The Hall–Kier alpha value is -2.62. The quantitative estimate of drug-likeness (QED) is 0.855. The number of hydrogen-bond donors (Lipinski definition) is 1.